The zero-order valence-corrected chi connectivity index (χ0v) is 12.8. The van der Waals surface area contributed by atoms with Crippen molar-refractivity contribution in [2.45, 2.75) is 32.9 Å². The molecule has 19 heavy (non-hydrogen) atoms. The summed E-state index contributed by atoms with van der Waals surface area (Å²) in [7, 11) is 1.90. The molecule has 0 heterocycles. The molecule has 0 radical (unpaired) electrons. The van der Waals surface area contributed by atoms with Crippen LogP contribution in [0.4, 0.5) is 0 Å². The lowest BCUT2D eigenvalue weighted by atomic mass is 10.1. The molecule has 0 aromatic heterocycles. The number of rotatable bonds is 5. The highest BCUT2D eigenvalue weighted by Gasteiger charge is 2.13. The molecule has 4 nitrogen and oxygen atoms in total. The third-order valence-electron chi connectivity index (χ3n) is 2.19. The number of carbonyl (C=O) groups is 1. The van der Waals surface area contributed by atoms with E-state index in [9.17, 15) is 4.79 Å². The Morgan fingerprint density at radius 1 is 1.21 bits per heavy atom. The molecule has 0 aliphatic carbocycles. The van der Waals surface area contributed by atoms with Crippen LogP contribution in [0.5, 0.6) is 5.75 Å². The molecular weight excluding hydrogens is 264 g/mol. The van der Waals surface area contributed by atoms with Crippen molar-refractivity contribution in [1.82, 2.24) is 10.6 Å². The summed E-state index contributed by atoms with van der Waals surface area (Å²) in [6, 6.07) is 7.70. The fraction of sp³-hybridized carbons (Fsp3) is 0.500. The van der Waals surface area contributed by atoms with E-state index < -0.39 is 0 Å². The third kappa shape index (κ3) is 7.70. The number of ether oxygens (including phenoxy) is 1. The van der Waals surface area contributed by atoms with Gasteiger partial charge < -0.3 is 15.4 Å². The van der Waals surface area contributed by atoms with Crippen LogP contribution < -0.4 is 15.4 Å². The number of amides is 1. The number of carbonyl (C=O) groups excluding carboxylic acids is 1. The Bertz CT molecular complexity index is 385. The van der Waals surface area contributed by atoms with Crippen molar-refractivity contribution >= 4 is 18.3 Å². The Morgan fingerprint density at radius 2 is 1.79 bits per heavy atom. The predicted octanol–water partition coefficient (Wildman–Crippen LogP) is 2.12. The van der Waals surface area contributed by atoms with Crippen LogP contribution in [0, 0.1) is 0 Å². The van der Waals surface area contributed by atoms with Crippen molar-refractivity contribution in [2.24, 2.45) is 0 Å². The maximum atomic E-state index is 11.6. The van der Waals surface area contributed by atoms with Gasteiger partial charge in [-0.25, -0.2) is 0 Å². The molecule has 0 saturated carbocycles. The van der Waals surface area contributed by atoms with E-state index in [1.54, 1.807) is 0 Å². The predicted molar refractivity (Wildman–Crippen MR) is 79.8 cm³/mol. The van der Waals surface area contributed by atoms with Crippen molar-refractivity contribution in [3.05, 3.63) is 29.8 Å². The lowest BCUT2D eigenvalue weighted by molar-refractivity contribution is -0.124. The second-order valence-electron chi connectivity index (χ2n) is 5.26. The molecule has 0 saturated heterocycles. The van der Waals surface area contributed by atoms with Crippen molar-refractivity contribution in [2.75, 3.05) is 13.7 Å². The van der Waals surface area contributed by atoms with Gasteiger partial charge in [0.15, 0.2) is 6.61 Å². The zero-order valence-electron chi connectivity index (χ0n) is 11.9. The van der Waals surface area contributed by atoms with Gasteiger partial charge in [-0.15, -0.1) is 12.4 Å². The van der Waals surface area contributed by atoms with Gasteiger partial charge in [-0.2, -0.15) is 0 Å². The van der Waals surface area contributed by atoms with Gasteiger partial charge >= 0.3 is 0 Å². The number of nitrogens with one attached hydrogen (secondary N) is 2. The van der Waals surface area contributed by atoms with Gasteiger partial charge in [0.05, 0.1) is 0 Å². The van der Waals surface area contributed by atoms with E-state index in [-0.39, 0.29) is 30.5 Å². The first-order valence-electron chi connectivity index (χ1n) is 6.08. The van der Waals surface area contributed by atoms with E-state index in [1.165, 1.54) is 5.56 Å². The van der Waals surface area contributed by atoms with Gasteiger partial charge in [0.2, 0.25) is 0 Å². The van der Waals surface area contributed by atoms with Crippen LogP contribution in [-0.2, 0) is 11.3 Å². The highest BCUT2D eigenvalue weighted by atomic mass is 35.5. The van der Waals surface area contributed by atoms with E-state index in [0.717, 1.165) is 6.54 Å². The Morgan fingerprint density at radius 3 is 2.26 bits per heavy atom. The summed E-state index contributed by atoms with van der Waals surface area (Å²) in [5, 5.41) is 5.92. The number of benzene rings is 1. The van der Waals surface area contributed by atoms with Crippen molar-refractivity contribution in [3.63, 3.8) is 0 Å². The van der Waals surface area contributed by atoms with Crippen LogP contribution in [0.25, 0.3) is 0 Å². The molecule has 1 aromatic rings. The van der Waals surface area contributed by atoms with E-state index >= 15 is 0 Å². The first kappa shape index (κ1) is 17.7. The largest absolute Gasteiger partial charge is 0.484 e. The maximum absolute atomic E-state index is 11.6. The molecular formula is C14H23ClN2O2. The molecule has 0 fully saturated rings. The highest BCUT2D eigenvalue weighted by molar-refractivity contribution is 5.85. The van der Waals surface area contributed by atoms with Gasteiger partial charge in [-0.1, -0.05) is 12.1 Å². The third-order valence-corrected chi connectivity index (χ3v) is 2.19. The van der Waals surface area contributed by atoms with Crippen molar-refractivity contribution in [1.29, 1.82) is 0 Å². The van der Waals surface area contributed by atoms with Crippen LogP contribution in [0.3, 0.4) is 0 Å². The van der Waals surface area contributed by atoms with Crippen molar-refractivity contribution in [3.8, 4) is 5.75 Å². The van der Waals surface area contributed by atoms with Crippen molar-refractivity contribution < 1.29 is 9.53 Å². The van der Waals surface area contributed by atoms with E-state index in [2.05, 4.69) is 10.6 Å². The molecule has 0 unspecified atom stereocenters. The Balaban J connectivity index is 0.00000324. The summed E-state index contributed by atoms with van der Waals surface area (Å²) >= 11 is 0. The van der Waals surface area contributed by atoms with Crippen LogP contribution in [0.2, 0.25) is 0 Å². The maximum Gasteiger partial charge on any atom is 0.258 e. The van der Waals surface area contributed by atoms with Gasteiger partial charge in [0, 0.05) is 12.1 Å². The summed E-state index contributed by atoms with van der Waals surface area (Å²) in [5.41, 5.74) is 0.959. The Labute approximate surface area is 121 Å². The first-order chi connectivity index (χ1) is 8.40. The lowest BCUT2D eigenvalue weighted by Crippen LogP contribution is -2.43. The fourth-order valence-corrected chi connectivity index (χ4v) is 1.51. The molecule has 0 bridgehead atoms. The second-order valence-corrected chi connectivity index (χ2v) is 5.26. The second kappa shape index (κ2) is 8.02. The minimum Gasteiger partial charge on any atom is -0.484 e. The minimum atomic E-state index is -0.225. The fourth-order valence-electron chi connectivity index (χ4n) is 1.51. The monoisotopic (exact) mass is 286 g/mol. The molecule has 1 aromatic carbocycles. The molecule has 0 atom stereocenters. The number of halogens is 1. The van der Waals surface area contributed by atoms with Gasteiger partial charge in [0.1, 0.15) is 5.75 Å². The molecule has 5 heteroatoms. The molecule has 1 amide bonds. The smallest absolute Gasteiger partial charge is 0.258 e. The molecule has 2 N–H and O–H groups in total. The quantitative estimate of drug-likeness (QED) is 0.872. The van der Waals surface area contributed by atoms with Gasteiger partial charge in [-0.3, -0.25) is 4.79 Å². The normalized spacial score (nSPS) is 10.5. The first-order valence-corrected chi connectivity index (χ1v) is 6.08. The molecule has 108 valence electrons. The summed E-state index contributed by atoms with van der Waals surface area (Å²) in [5.74, 6) is 0.598. The van der Waals surface area contributed by atoms with E-state index in [1.807, 2.05) is 52.1 Å². The average molecular weight is 287 g/mol. The van der Waals surface area contributed by atoms with Crippen LogP contribution >= 0.6 is 12.4 Å². The minimum absolute atomic E-state index is 0. The highest BCUT2D eigenvalue weighted by Crippen LogP contribution is 2.12. The summed E-state index contributed by atoms with van der Waals surface area (Å²) in [4.78, 5) is 11.6. The number of hydrogen-bond donors (Lipinski definition) is 2. The summed E-state index contributed by atoms with van der Waals surface area (Å²) in [6.45, 7) is 6.69. The number of hydrogen-bond acceptors (Lipinski definition) is 3. The Kier molecular flexibility index (Phi) is 7.49. The SMILES string of the molecule is CNCc1ccc(OCC(=O)NC(C)(C)C)cc1.Cl. The van der Waals surface area contributed by atoms with Gasteiger partial charge in [-0.05, 0) is 45.5 Å². The molecule has 0 aliphatic heterocycles. The Hall–Kier alpha value is -1.26. The van der Waals surface area contributed by atoms with E-state index in [0.29, 0.717) is 5.75 Å². The molecule has 0 spiro atoms. The zero-order chi connectivity index (χ0) is 13.6. The lowest BCUT2D eigenvalue weighted by Gasteiger charge is -2.20. The standard InChI is InChI=1S/C14H22N2O2.ClH/c1-14(2,3)16-13(17)10-18-12-7-5-11(6-8-12)9-15-4;/h5-8,15H,9-10H2,1-4H3,(H,16,17);1H. The molecule has 0 aliphatic rings. The molecule has 1 rings (SSSR count). The van der Waals surface area contributed by atoms with Crippen LogP contribution in [-0.4, -0.2) is 25.1 Å². The summed E-state index contributed by atoms with van der Waals surface area (Å²) in [6.07, 6.45) is 0. The van der Waals surface area contributed by atoms with Crippen LogP contribution in [0.15, 0.2) is 24.3 Å². The van der Waals surface area contributed by atoms with E-state index in [4.69, 9.17) is 4.74 Å². The van der Waals surface area contributed by atoms with Crippen LogP contribution in [0.1, 0.15) is 26.3 Å². The topological polar surface area (TPSA) is 50.4 Å². The average Bonchev–Trinajstić information content (AvgIpc) is 2.26. The van der Waals surface area contributed by atoms with Gasteiger partial charge in [0.25, 0.3) is 5.91 Å². The summed E-state index contributed by atoms with van der Waals surface area (Å²) < 4.78 is 5.41.